The maximum atomic E-state index is 12.3. The molecule has 1 aliphatic rings. The normalized spacial score (nSPS) is 15.1. The standard InChI is InChI=1S/C21H25N3O2/c1-15(23-20(25)12-11-16-6-2-3-9-19(16)22)17-7-4-8-18(14-17)24-13-5-10-21(24)26/h2-4,6-9,14-15H,5,10-13,22H2,1H3,(H,23,25). The van der Waals surface area contributed by atoms with Crippen LogP contribution in [0.25, 0.3) is 0 Å². The number of carbonyl (C=O) groups is 2. The van der Waals surface area contributed by atoms with Gasteiger partial charge in [-0.15, -0.1) is 0 Å². The van der Waals surface area contributed by atoms with Crippen molar-refractivity contribution in [3.63, 3.8) is 0 Å². The second-order valence-electron chi connectivity index (χ2n) is 6.73. The Hall–Kier alpha value is -2.82. The molecule has 5 heteroatoms. The molecular weight excluding hydrogens is 326 g/mol. The summed E-state index contributed by atoms with van der Waals surface area (Å²) in [6, 6.07) is 15.3. The van der Waals surface area contributed by atoms with Gasteiger partial charge < -0.3 is 16.0 Å². The van der Waals surface area contributed by atoms with E-state index in [0.717, 1.165) is 35.5 Å². The van der Waals surface area contributed by atoms with Crippen LogP contribution in [0.5, 0.6) is 0 Å². The van der Waals surface area contributed by atoms with Crippen LogP contribution in [0.4, 0.5) is 11.4 Å². The predicted octanol–water partition coefficient (Wildman–Crippen LogP) is 3.21. The zero-order chi connectivity index (χ0) is 18.5. The van der Waals surface area contributed by atoms with Crippen LogP contribution in [0, 0.1) is 0 Å². The minimum atomic E-state index is -0.117. The van der Waals surface area contributed by atoms with Gasteiger partial charge in [-0.1, -0.05) is 30.3 Å². The molecule has 1 aliphatic heterocycles. The van der Waals surface area contributed by atoms with Crippen LogP contribution in [-0.2, 0) is 16.0 Å². The van der Waals surface area contributed by atoms with Crippen molar-refractivity contribution in [1.82, 2.24) is 5.32 Å². The lowest BCUT2D eigenvalue weighted by Gasteiger charge is -2.19. The molecule has 2 amide bonds. The fourth-order valence-corrected chi connectivity index (χ4v) is 3.29. The number of carbonyl (C=O) groups excluding carboxylic acids is 2. The number of nitrogen functional groups attached to an aromatic ring is 1. The van der Waals surface area contributed by atoms with E-state index >= 15 is 0 Å². The maximum absolute atomic E-state index is 12.3. The number of benzene rings is 2. The number of nitrogens with zero attached hydrogens (tertiary/aromatic N) is 1. The highest BCUT2D eigenvalue weighted by Gasteiger charge is 2.22. The van der Waals surface area contributed by atoms with E-state index in [1.807, 2.05) is 60.4 Å². The molecule has 0 aliphatic carbocycles. The van der Waals surface area contributed by atoms with Crippen molar-refractivity contribution in [2.75, 3.05) is 17.2 Å². The average molecular weight is 351 g/mol. The molecular formula is C21H25N3O2. The summed E-state index contributed by atoms with van der Waals surface area (Å²) in [6.07, 6.45) is 2.52. The molecule has 1 heterocycles. The third-order valence-corrected chi connectivity index (χ3v) is 4.81. The number of nitrogens with two attached hydrogens (primary N) is 1. The molecule has 0 aromatic heterocycles. The summed E-state index contributed by atoms with van der Waals surface area (Å²) in [5.41, 5.74) is 9.53. The first kappa shape index (κ1) is 18.0. The van der Waals surface area contributed by atoms with E-state index in [1.165, 1.54) is 0 Å². The van der Waals surface area contributed by atoms with Gasteiger partial charge >= 0.3 is 0 Å². The molecule has 2 aromatic carbocycles. The zero-order valence-electron chi connectivity index (χ0n) is 15.1. The smallest absolute Gasteiger partial charge is 0.227 e. The van der Waals surface area contributed by atoms with Crippen molar-refractivity contribution in [2.45, 2.75) is 38.6 Å². The van der Waals surface area contributed by atoms with Crippen molar-refractivity contribution in [3.8, 4) is 0 Å². The van der Waals surface area contributed by atoms with Crippen molar-refractivity contribution in [3.05, 3.63) is 59.7 Å². The molecule has 1 atom stereocenters. The summed E-state index contributed by atoms with van der Waals surface area (Å²) < 4.78 is 0. The number of aryl methyl sites for hydroxylation is 1. The Kier molecular flexibility index (Phi) is 5.56. The second-order valence-corrected chi connectivity index (χ2v) is 6.73. The van der Waals surface area contributed by atoms with Gasteiger partial charge in [-0.3, -0.25) is 9.59 Å². The second kappa shape index (κ2) is 8.04. The monoisotopic (exact) mass is 351 g/mol. The van der Waals surface area contributed by atoms with Gasteiger partial charge in [0.15, 0.2) is 0 Å². The van der Waals surface area contributed by atoms with E-state index in [4.69, 9.17) is 5.73 Å². The minimum absolute atomic E-state index is 0.0107. The Bertz CT molecular complexity index is 803. The summed E-state index contributed by atoms with van der Waals surface area (Å²) in [6.45, 7) is 2.72. The fraction of sp³-hybridized carbons (Fsp3) is 0.333. The first-order valence-corrected chi connectivity index (χ1v) is 9.07. The van der Waals surface area contributed by atoms with Crippen molar-refractivity contribution < 1.29 is 9.59 Å². The molecule has 26 heavy (non-hydrogen) atoms. The summed E-state index contributed by atoms with van der Waals surface area (Å²) >= 11 is 0. The Morgan fingerprint density at radius 3 is 2.77 bits per heavy atom. The zero-order valence-corrected chi connectivity index (χ0v) is 15.1. The Morgan fingerprint density at radius 2 is 2.04 bits per heavy atom. The molecule has 0 spiro atoms. The molecule has 0 saturated carbocycles. The third-order valence-electron chi connectivity index (χ3n) is 4.81. The quantitative estimate of drug-likeness (QED) is 0.785. The molecule has 0 radical (unpaired) electrons. The van der Waals surface area contributed by atoms with Gasteiger partial charge in [0.2, 0.25) is 11.8 Å². The van der Waals surface area contributed by atoms with E-state index in [1.54, 1.807) is 0 Å². The number of anilines is 2. The Morgan fingerprint density at radius 1 is 1.23 bits per heavy atom. The Balaban J connectivity index is 1.59. The van der Waals surface area contributed by atoms with Crippen molar-refractivity contribution >= 4 is 23.2 Å². The Labute approximate surface area is 154 Å². The molecule has 1 fully saturated rings. The SMILES string of the molecule is CC(NC(=O)CCc1ccccc1N)c1cccc(N2CCCC2=O)c1. The molecule has 1 unspecified atom stereocenters. The highest BCUT2D eigenvalue weighted by Crippen LogP contribution is 2.25. The van der Waals surface area contributed by atoms with E-state index in [0.29, 0.717) is 19.3 Å². The molecule has 2 aromatic rings. The van der Waals surface area contributed by atoms with Gasteiger partial charge in [0, 0.05) is 30.8 Å². The van der Waals surface area contributed by atoms with Gasteiger partial charge in [-0.05, 0) is 49.1 Å². The number of para-hydroxylation sites is 1. The van der Waals surface area contributed by atoms with Crippen LogP contribution in [0.1, 0.15) is 43.4 Å². The van der Waals surface area contributed by atoms with E-state index in [9.17, 15) is 9.59 Å². The van der Waals surface area contributed by atoms with Crippen LogP contribution in [-0.4, -0.2) is 18.4 Å². The summed E-state index contributed by atoms with van der Waals surface area (Å²) in [5.74, 6) is 0.155. The van der Waals surface area contributed by atoms with Gasteiger partial charge in [0.1, 0.15) is 0 Å². The summed E-state index contributed by atoms with van der Waals surface area (Å²) in [5, 5.41) is 3.03. The summed E-state index contributed by atoms with van der Waals surface area (Å²) in [7, 11) is 0. The molecule has 136 valence electrons. The number of rotatable bonds is 6. The predicted molar refractivity (Wildman–Crippen MR) is 104 cm³/mol. The molecule has 3 rings (SSSR count). The highest BCUT2D eigenvalue weighted by atomic mass is 16.2. The number of amides is 2. The van der Waals surface area contributed by atoms with E-state index in [2.05, 4.69) is 5.32 Å². The summed E-state index contributed by atoms with van der Waals surface area (Å²) in [4.78, 5) is 26.0. The van der Waals surface area contributed by atoms with Gasteiger partial charge in [-0.25, -0.2) is 0 Å². The lowest BCUT2D eigenvalue weighted by atomic mass is 10.1. The topological polar surface area (TPSA) is 75.4 Å². The fourth-order valence-electron chi connectivity index (χ4n) is 3.29. The maximum Gasteiger partial charge on any atom is 0.227 e. The third kappa shape index (κ3) is 4.23. The van der Waals surface area contributed by atoms with Crippen LogP contribution >= 0.6 is 0 Å². The number of nitrogens with one attached hydrogen (secondary N) is 1. The molecule has 0 bridgehead atoms. The van der Waals surface area contributed by atoms with Crippen molar-refractivity contribution in [1.29, 1.82) is 0 Å². The van der Waals surface area contributed by atoms with Crippen LogP contribution in [0.3, 0.4) is 0 Å². The lowest BCUT2D eigenvalue weighted by Crippen LogP contribution is -2.27. The van der Waals surface area contributed by atoms with Crippen LogP contribution < -0.4 is 16.0 Å². The highest BCUT2D eigenvalue weighted by molar-refractivity contribution is 5.95. The van der Waals surface area contributed by atoms with Gasteiger partial charge in [0.05, 0.1) is 6.04 Å². The minimum Gasteiger partial charge on any atom is -0.399 e. The first-order valence-electron chi connectivity index (χ1n) is 9.07. The van der Waals surface area contributed by atoms with Gasteiger partial charge in [0.25, 0.3) is 0 Å². The van der Waals surface area contributed by atoms with Crippen molar-refractivity contribution in [2.24, 2.45) is 0 Å². The van der Waals surface area contributed by atoms with Crippen LogP contribution in [0.2, 0.25) is 0 Å². The van der Waals surface area contributed by atoms with Gasteiger partial charge in [-0.2, -0.15) is 0 Å². The first-order chi connectivity index (χ1) is 12.5. The average Bonchev–Trinajstić information content (AvgIpc) is 3.07. The molecule has 3 N–H and O–H groups in total. The van der Waals surface area contributed by atoms with E-state index < -0.39 is 0 Å². The van der Waals surface area contributed by atoms with Crippen LogP contribution in [0.15, 0.2) is 48.5 Å². The largest absolute Gasteiger partial charge is 0.399 e. The van der Waals surface area contributed by atoms with E-state index in [-0.39, 0.29) is 17.9 Å². The molecule has 1 saturated heterocycles. The molecule has 5 nitrogen and oxygen atoms in total. The lowest BCUT2D eigenvalue weighted by molar-refractivity contribution is -0.121. The number of hydrogen-bond acceptors (Lipinski definition) is 3. The number of hydrogen-bond donors (Lipinski definition) is 2.